The van der Waals surface area contributed by atoms with Crippen LogP contribution in [0.1, 0.15) is 0 Å². The van der Waals surface area contributed by atoms with Crippen molar-refractivity contribution >= 4 is 197 Å². The first-order valence-electron chi connectivity index (χ1n) is 25.0. The fourth-order valence-corrected chi connectivity index (χ4v) is 16.4. The van der Waals surface area contributed by atoms with E-state index in [2.05, 4.69) is 201 Å². The lowest BCUT2D eigenvalue weighted by atomic mass is 9.29. The van der Waals surface area contributed by atoms with E-state index in [1.165, 1.54) is 92.3 Å². The van der Waals surface area contributed by atoms with Crippen molar-refractivity contribution in [3.05, 3.63) is 146 Å². The second-order valence-electron chi connectivity index (χ2n) is 19.9. The van der Waals surface area contributed by atoms with Crippen LogP contribution >= 0.6 is 59.2 Å². The largest absolute Gasteiger partial charge is 0.458 e. The molecule has 1 N–H and O–H groups in total. The Hall–Kier alpha value is -6.68. The van der Waals surface area contributed by atoms with Crippen molar-refractivity contribution < 1.29 is 14.2 Å². The molecular formula is C59H40B3N5O3S5. The number of fused-ring (bicyclic) bond motifs is 16. The number of thioether (sulfide) groups is 3. The van der Waals surface area contributed by atoms with Gasteiger partial charge in [-0.15, -0.1) is 35.3 Å². The minimum atomic E-state index is -0.133. The van der Waals surface area contributed by atoms with Crippen molar-refractivity contribution in [2.24, 2.45) is 0 Å². The van der Waals surface area contributed by atoms with E-state index in [0.29, 0.717) is 0 Å². The summed E-state index contributed by atoms with van der Waals surface area (Å²) in [5.41, 5.74) is 24.9. The van der Waals surface area contributed by atoms with Crippen LogP contribution in [0.2, 0.25) is 0 Å². The van der Waals surface area contributed by atoms with E-state index < -0.39 is 0 Å². The fourth-order valence-electron chi connectivity index (χ4n) is 13.6. The van der Waals surface area contributed by atoms with Crippen molar-refractivity contribution in [3.63, 3.8) is 0 Å². The second kappa shape index (κ2) is 15.7. The number of benzene rings is 9. The smallest absolute Gasteiger partial charge is 0.256 e. The second-order valence-corrected chi connectivity index (χ2v) is 24.0. The highest BCUT2D eigenvalue weighted by Crippen LogP contribution is 2.55. The molecule has 0 amide bonds. The Labute approximate surface area is 457 Å². The molecule has 8 heterocycles. The van der Waals surface area contributed by atoms with Gasteiger partial charge in [0.2, 0.25) is 0 Å². The summed E-state index contributed by atoms with van der Waals surface area (Å²) in [4.78, 5) is 8.50. The molecule has 0 bridgehead atoms. The van der Waals surface area contributed by atoms with Gasteiger partial charge in [-0.1, -0.05) is 60.7 Å². The predicted molar refractivity (Wildman–Crippen MR) is 326 cm³/mol. The average Bonchev–Trinajstić information content (AvgIpc) is 3.45. The first-order chi connectivity index (χ1) is 36.9. The zero-order valence-corrected chi connectivity index (χ0v) is 45.2. The van der Waals surface area contributed by atoms with Crippen molar-refractivity contribution in [1.29, 1.82) is 0 Å². The molecule has 8 nitrogen and oxygen atoms in total. The third kappa shape index (κ3) is 5.66. The molecule has 0 spiro atoms. The van der Waals surface area contributed by atoms with Crippen molar-refractivity contribution in [3.8, 4) is 34.5 Å². The van der Waals surface area contributed by atoms with Gasteiger partial charge in [-0.3, -0.25) is 8.61 Å². The third-order valence-corrected chi connectivity index (χ3v) is 20.1. The van der Waals surface area contributed by atoms with Gasteiger partial charge in [-0.2, -0.15) is 0 Å². The van der Waals surface area contributed by atoms with Gasteiger partial charge in [-0.05, 0) is 171 Å². The maximum atomic E-state index is 7.36. The summed E-state index contributed by atoms with van der Waals surface area (Å²) in [5, 5.41) is 4.07. The lowest BCUT2D eigenvalue weighted by molar-refractivity contribution is 0.477. The summed E-state index contributed by atoms with van der Waals surface area (Å²) in [6.07, 6.45) is 10.9. The maximum Gasteiger partial charge on any atom is 0.256 e. The molecule has 358 valence electrons. The van der Waals surface area contributed by atoms with Gasteiger partial charge < -0.3 is 29.3 Å². The van der Waals surface area contributed by atoms with Crippen LogP contribution in [0.15, 0.2) is 160 Å². The molecule has 0 saturated heterocycles. The SMILES string of the molecule is CSc1cc2c3c(c1)N(SC)c1cc4c(cc1B3c1cc3c(cc1O2)N(SC)c1cc(SC)cc2c1B3c1cccc3c1N2c1ccccc1O3)B1c2cccc3c2N(c2ccccc2O3)c2cc(SC)cc(c21)N4. The molecule has 0 saturated carbocycles. The van der Waals surface area contributed by atoms with Crippen LogP contribution in [0, 0.1) is 0 Å². The van der Waals surface area contributed by atoms with Crippen molar-refractivity contribution in [2.75, 3.05) is 55.0 Å². The van der Waals surface area contributed by atoms with Crippen LogP contribution in [0.3, 0.4) is 0 Å². The van der Waals surface area contributed by atoms with E-state index in [1.54, 1.807) is 59.2 Å². The Balaban J connectivity index is 0.917. The van der Waals surface area contributed by atoms with Gasteiger partial charge in [0.05, 0.1) is 39.8 Å². The minimum absolute atomic E-state index is 0.0594. The summed E-state index contributed by atoms with van der Waals surface area (Å²) in [6, 6.07) is 54.2. The summed E-state index contributed by atoms with van der Waals surface area (Å²) in [6.45, 7) is -0.266. The van der Waals surface area contributed by atoms with Crippen LogP contribution in [0.25, 0.3) is 0 Å². The Kier molecular flexibility index (Phi) is 9.12. The quantitative estimate of drug-likeness (QED) is 0.101. The van der Waals surface area contributed by atoms with Crippen LogP contribution in [0.4, 0.5) is 68.2 Å². The number of ether oxygens (including phenoxy) is 3. The summed E-state index contributed by atoms with van der Waals surface area (Å²) >= 11 is 8.83. The van der Waals surface area contributed by atoms with Gasteiger partial charge in [0.25, 0.3) is 20.1 Å². The highest BCUT2D eigenvalue weighted by molar-refractivity contribution is 8.00. The van der Waals surface area contributed by atoms with Gasteiger partial charge in [0.1, 0.15) is 11.5 Å². The van der Waals surface area contributed by atoms with E-state index in [4.69, 9.17) is 14.2 Å². The molecule has 16 heteroatoms. The van der Waals surface area contributed by atoms with Crippen LogP contribution in [-0.4, -0.2) is 51.4 Å². The molecule has 0 radical (unpaired) electrons. The van der Waals surface area contributed by atoms with E-state index in [-0.39, 0.29) is 20.1 Å². The third-order valence-electron chi connectivity index (χ3n) is 16.5. The average molecular weight is 1060 g/mol. The normalized spacial score (nSPS) is 15.0. The molecule has 17 rings (SSSR count). The van der Waals surface area contributed by atoms with Crippen molar-refractivity contribution in [2.45, 2.75) is 14.7 Å². The zero-order valence-electron chi connectivity index (χ0n) is 41.1. The lowest BCUT2D eigenvalue weighted by Gasteiger charge is -2.46. The molecule has 0 aromatic heterocycles. The maximum absolute atomic E-state index is 7.36. The molecule has 9 aromatic rings. The Morgan fingerprint density at radius 2 is 0.840 bits per heavy atom. The summed E-state index contributed by atoms with van der Waals surface area (Å²) in [5.74, 6) is 5.27. The van der Waals surface area contributed by atoms with Crippen LogP contribution in [0.5, 0.6) is 34.5 Å². The van der Waals surface area contributed by atoms with E-state index in [1.807, 2.05) is 0 Å². The first-order valence-corrected chi connectivity index (χ1v) is 31.0. The fraction of sp³-hybridized carbons (Fsp3) is 0.0847. The summed E-state index contributed by atoms with van der Waals surface area (Å²) in [7, 11) is 0. The standard InChI is InChI=1S/C59H40B3N5O3S5/c1-71-30-20-40-55-45(21-30)64-41-14-6-8-16-49(41)68-51-18-10-12-33(58(51)64)60(55)35-26-36-43(28-39(35)63-40)66(74-4)48-24-32(73-3)25-54-57(48)62(36)38-27-37-44(29-53(38)70-54)67(75-5)47-23-31(72-2)22-46-56(47)61(37)34-13-11-19-52-59(34)65(46)42-15-7-9-17-50(42)69-52/h6-29,63H,1-5H3. The number of para-hydroxylation sites is 6. The van der Waals surface area contributed by atoms with E-state index in [9.17, 15) is 0 Å². The molecule has 8 aliphatic rings. The van der Waals surface area contributed by atoms with Crippen LogP contribution < -0.4 is 87.1 Å². The lowest BCUT2D eigenvalue weighted by Crippen LogP contribution is -2.65. The predicted octanol–water partition coefficient (Wildman–Crippen LogP) is 10.8. The monoisotopic (exact) mass is 1060 g/mol. The zero-order chi connectivity index (χ0) is 49.7. The number of nitrogens with zero attached hydrogens (tertiary/aromatic N) is 4. The molecule has 75 heavy (non-hydrogen) atoms. The van der Waals surface area contributed by atoms with E-state index >= 15 is 0 Å². The van der Waals surface area contributed by atoms with Crippen molar-refractivity contribution in [1.82, 2.24) is 0 Å². The molecule has 0 atom stereocenters. The molecule has 0 aliphatic carbocycles. The van der Waals surface area contributed by atoms with Gasteiger partial charge in [-0.25, -0.2) is 0 Å². The van der Waals surface area contributed by atoms with Gasteiger partial charge in [0, 0.05) is 61.7 Å². The number of hydrogen-bond acceptors (Lipinski definition) is 13. The Morgan fingerprint density at radius 1 is 0.347 bits per heavy atom. The highest BCUT2D eigenvalue weighted by atomic mass is 32.2. The number of anilines is 12. The summed E-state index contributed by atoms with van der Waals surface area (Å²) < 4.78 is 25.8. The topological polar surface area (TPSA) is 52.7 Å². The number of nitrogens with one attached hydrogen (secondary N) is 1. The highest BCUT2D eigenvalue weighted by Gasteiger charge is 2.51. The first kappa shape index (κ1) is 43.6. The molecule has 0 fully saturated rings. The van der Waals surface area contributed by atoms with E-state index in [0.717, 1.165) is 74.3 Å². The molecule has 9 aromatic carbocycles. The molecule has 0 unspecified atom stereocenters. The minimum Gasteiger partial charge on any atom is -0.458 e. The number of hydrogen-bond donors (Lipinski definition) is 1. The van der Waals surface area contributed by atoms with Crippen LogP contribution in [-0.2, 0) is 0 Å². The number of rotatable bonds is 5. The molecule has 8 aliphatic heterocycles. The Morgan fingerprint density at radius 3 is 1.47 bits per heavy atom. The Bertz CT molecular complexity index is 4130. The molecular weight excluding hydrogens is 1020 g/mol. The van der Waals surface area contributed by atoms with Gasteiger partial charge in [0.15, 0.2) is 23.0 Å². The van der Waals surface area contributed by atoms with Gasteiger partial charge >= 0.3 is 0 Å².